The van der Waals surface area contributed by atoms with E-state index in [0.717, 1.165) is 28.1 Å². The van der Waals surface area contributed by atoms with Crippen LogP contribution in [0.4, 0.5) is 11.5 Å². The van der Waals surface area contributed by atoms with E-state index in [-0.39, 0.29) is 12.7 Å². The molecular formula is C23H23N3O3. The maximum atomic E-state index is 12.4. The molecule has 2 N–H and O–H groups in total. The summed E-state index contributed by atoms with van der Waals surface area (Å²) < 4.78 is 10.7. The first kappa shape index (κ1) is 18.8. The summed E-state index contributed by atoms with van der Waals surface area (Å²) in [5.41, 5.74) is 6.05. The number of hydrogen-bond donors (Lipinski definition) is 2. The SMILES string of the molecule is Cc1cc(C)c(Nc2ccc(C(=O)NCc3ccc4c(c3)OCO4)cn2)c(C)c1. The predicted molar refractivity (Wildman–Crippen MR) is 112 cm³/mol. The molecule has 0 aliphatic carbocycles. The van der Waals surface area contributed by atoms with E-state index < -0.39 is 0 Å². The van der Waals surface area contributed by atoms with Crippen LogP contribution < -0.4 is 20.1 Å². The van der Waals surface area contributed by atoms with Gasteiger partial charge in [-0.3, -0.25) is 4.79 Å². The Hall–Kier alpha value is -3.54. The summed E-state index contributed by atoms with van der Waals surface area (Å²) in [5.74, 6) is 1.96. The standard InChI is InChI=1S/C23H23N3O3/c1-14-8-15(2)22(16(3)9-14)26-21-7-5-18(12-24-21)23(27)25-11-17-4-6-19-20(10-17)29-13-28-19/h4-10,12H,11,13H2,1-3H3,(H,24,26)(H,25,27). The summed E-state index contributed by atoms with van der Waals surface area (Å²) in [6.45, 7) is 6.86. The van der Waals surface area contributed by atoms with E-state index in [9.17, 15) is 4.79 Å². The molecule has 3 aromatic rings. The Bertz CT molecular complexity index is 1040. The number of rotatable bonds is 5. The molecule has 1 aliphatic heterocycles. The first-order valence-corrected chi connectivity index (χ1v) is 9.47. The van der Waals surface area contributed by atoms with Crippen molar-refractivity contribution in [1.29, 1.82) is 0 Å². The predicted octanol–water partition coefficient (Wildman–Crippen LogP) is 4.41. The van der Waals surface area contributed by atoms with Crippen molar-refractivity contribution in [3.8, 4) is 11.5 Å². The molecule has 1 aliphatic rings. The second-order valence-electron chi connectivity index (χ2n) is 7.20. The number of anilines is 2. The smallest absolute Gasteiger partial charge is 0.253 e. The highest BCUT2D eigenvalue weighted by molar-refractivity contribution is 5.94. The maximum absolute atomic E-state index is 12.4. The molecule has 2 aromatic carbocycles. The molecule has 0 bridgehead atoms. The fraction of sp³-hybridized carbons (Fsp3) is 0.217. The molecule has 0 radical (unpaired) electrons. The number of hydrogen-bond acceptors (Lipinski definition) is 5. The lowest BCUT2D eigenvalue weighted by molar-refractivity contribution is 0.0950. The van der Waals surface area contributed by atoms with Gasteiger partial charge in [-0.15, -0.1) is 0 Å². The Kier molecular flexibility index (Phi) is 5.08. The summed E-state index contributed by atoms with van der Waals surface area (Å²) in [6, 6.07) is 13.5. The van der Waals surface area contributed by atoms with Crippen molar-refractivity contribution in [2.75, 3.05) is 12.1 Å². The first-order chi connectivity index (χ1) is 14.0. The van der Waals surface area contributed by atoms with Crippen LogP contribution in [0.2, 0.25) is 0 Å². The highest BCUT2D eigenvalue weighted by Gasteiger charge is 2.14. The van der Waals surface area contributed by atoms with Crippen molar-refractivity contribution >= 4 is 17.4 Å². The van der Waals surface area contributed by atoms with E-state index in [0.29, 0.717) is 23.7 Å². The van der Waals surface area contributed by atoms with E-state index in [4.69, 9.17) is 9.47 Å². The molecule has 0 fully saturated rings. The maximum Gasteiger partial charge on any atom is 0.253 e. The molecule has 1 aromatic heterocycles. The van der Waals surface area contributed by atoms with Crippen molar-refractivity contribution in [1.82, 2.24) is 10.3 Å². The van der Waals surface area contributed by atoms with Crippen molar-refractivity contribution in [2.45, 2.75) is 27.3 Å². The number of benzene rings is 2. The second kappa shape index (κ2) is 7.83. The molecule has 2 heterocycles. The van der Waals surface area contributed by atoms with Gasteiger partial charge in [0.15, 0.2) is 11.5 Å². The third-order valence-electron chi connectivity index (χ3n) is 4.85. The lowest BCUT2D eigenvalue weighted by atomic mass is 10.1. The minimum atomic E-state index is -0.176. The van der Waals surface area contributed by atoms with Crippen LogP contribution in [0.1, 0.15) is 32.6 Å². The minimum Gasteiger partial charge on any atom is -0.454 e. The molecular weight excluding hydrogens is 366 g/mol. The van der Waals surface area contributed by atoms with E-state index in [1.807, 2.05) is 24.3 Å². The largest absolute Gasteiger partial charge is 0.454 e. The lowest BCUT2D eigenvalue weighted by Crippen LogP contribution is -2.22. The average Bonchev–Trinajstić information content (AvgIpc) is 3.17. The molecule has 1 amide bonds. The summed E-state index contributed by atoms with van der Waals surface area (Å²) in [7, 11) is 0. The zero-order valence-corrected chi connectivity index (χ0v) is 16.7. The summed E-state index contributed by atoms with van der Waals surface area (Å²) in [4.78, 5) is 16.8. The highest BCUT2D eigenvalue weighted by Crippen LogP contribution is 2.32. The Balaban J connectivity index is 1.39. The van der Waals surface area contributed by atoms with Crippen LogP contribution in [0.3, 0.4) is 0 Å². The van der Waals surface area contributed by atoms with Gasteiger partial charge in [-0.05, 0) is 61.7 Å². The number of nitrogens with one attached hydrogen (secondary N) is 2. The number of carbonyl (C=O) groups excluding carboxylic acids is 1. The Morgan fingerprint density at radius 2 is 1.76 bits per heavy atom. The zero-order chi connectivity index (χ0) is 20.4. The molecule has 0 saturated carbocycles. The van der Waals surface area contributed by atoms with Crippen LogP contribution in [0.25, 0.3) is 0 Å². The van der Waals surface area contributed by atoms with Crippen LogP contribution in [-0.2, 0) is 6.54 Å². The monoisotopic (exact) mass is 389 g/mol. The van der Waals surface area contributed by atoms with Gasteiger partial charge in [-0.1, -0.05) is 23.8 Å². The summed E-state index contributed by atoms with van der Waals surface area (Å²) in [6.07, 6.45) is 1.58. The third-order valence-corrected chi connectivity index (χ3v) is 4.85. The van der Waals surface area contributed by atoms with Gasteiger partial charge in [0.25, 0.3) is 5.91 Å². The number of fused-ring (bicyclic) bond motifs is 1. The van der Waals surface area contributed by atoms with Gasteiger partial charge in [0, 0.05) is 18.4 Å². The number of aryl methyl sites for hydroxylation is 3. The van der Waals surface area contributed by atoms with E-state index in [1.54, 1.807) is 12.3 Å². The molecule has 148 valence electrons. The Labute approximate surface area is 169 Å². The van der Waals surface area contributed by atoms with Gasteiger partial charge in [0.05, 0.1) is 5.56 Å². The summed E-state index contributed by atoms with van der Waals surface area (Å²) >= 11 is 0. The molecule has 4 rings (SSSR count). The van der Waals surface area contributed by atoms with Gasteiger partial charge in [0.1, 0.15) is 5.82 Å². The first-order valence-electron chi connectivity index (χ1n) is 9.47. The molecule has 0 spiro atoms. The quantitative estimate of drug-likeness (QED) is 0.676. The van der Waals surface area contributed by atoms with Gasteiger partial charge in [0.2, 0.25) is 6.79 Å². The fourth-order valence-corrected chi connectivity index (χ4v) is 3.44. The number of carbonyl (C=O) groups is 1. The minimum absolute atomic E-state index is 0.176. The molecule has 0 saturated heterocycles. The Morgan fingerprint density at radius 1 is 1.00 bits per heavy atom. The number of nitrogens with zero attached hydrogens (tertiary/aromatic N) is 1. The van der Waals surface area contributed by atoms with E-state index >= 15 is 0 Å². The van der Waals surface area contributed by atoms with E-state index in [2.05, 4.69) is 48.5 Å². The van der Waals surface area contributed by atoms with Crippen LogP contribution in [0, 0.1) is 20.8 Å². The van der Waals surface area contributed by atoms with Gasteiger partial charge < -0.3 is 20.1 Å². The van der Waals surface area contributed by atoms with Crippen molar-refractivity contribution in [3.63, 3.8) is 0 Å². The van der Waals surface area contributed by atoms with Crippen molar-refractivity contribution < 1.29 is 14.3 Å². The van der Waals surface area contributed by atoms with Gasteiger partial charge in [-0.25, -0.2) is 4.98 Å². The Morgan fingerprint density at radius 3 is 2.48 bits per heavy atom. The van der Waals surface area contributed by atoms with Gasteiger partial charge >= 0.3 is 0 Å². The molecule has 6 nitrogen and oxygen atoms in total. The van der Waals surface area contributed by atoms with Crippen LogP contribution in [-0.4, -0.2) is 17.7 Å². The van der Waals surface area contributed by atoms with E-state index in [1.165, 1.54) is 5.56 Å². The average molecular weight is 389 g/mol. The topological polar surface area (TPSA) is 72.5 Å². The normalized spacial score (nSPS) is 12.0. The number of aromatic nitrogens is 1. The lowest BCUT2D eigenvalue weighted by Gasteiger charge is -2.13. The van der Waals surface area contributed by atoms with Crippen LogP contribution >= 0.6 is 0 Å². The molecule has 29 heavy (non-hydrogen) atoms. The number of ether oxygens (including phenoxy) is 2. The van der Waals surface area contributed by atoms with Crippen LogP contribution in [0.15, 0.2) is 48.7 Å². The molecule has 6 heteroatoms. The molecule has 0 atom stereocenters. The van der Waals surface area contributed by atoms with Crippen LogP contribution in [0.5, 0.6) is 11.5 Å². The summed E-state index contributed by atoms with van der Waals surface area (Å²) in [5, 5.41) is 6.25. The fourth-order valence-electron chi connectivity index (χ4n) is 3.44. The third kappa shape index (κ3) is 4.16. The second-order valence-corrected chi connectivity index (χ2v) is 7.20. The number of amides is 1. The van der Waals surface area contributed by atoms with Gasteiger partial charge in [-0.2, -0.15) is 0 Å². The number of pyridine rings is 1. The highest BCUT2D eigenvalue weighted by atomic mass is 16.7. The molecule has 0 unspecified atom stereocenters. The van der Waals surface area contributed by atoms with Crippen molar-refractivity contribution in [3.05, 3.63) is 76.5 Å². The zero-order valence-electron chi connectivity index (χ0n) is 16.7. The van der Waals surface area contributed by atoms with Crippen molar-refractivity contribution in [2.24, 2.45) is 0 Å².